The number of halogens is 1. The second-order valence-electron chi connectivity index (χ2n) is 9.16. The third-order valence-corrected chi connectivity index (χ3v) is 6.66. The molecular formula is C29H31FN2O4. The lowest BCUT2D eigenvalue weighted by atomic mass is 9.89. The molecule has 0 saturated carbocycles. The van der Waals surface area contributed by atoms with Gasteiger partial charge in [-0.05, 0) is 74.6 Å². The first kappa shape index (κ1) is 25.4. The molecule has 1 amide bonds. The monoisotopic (exact) mass is 490 g/mol. The molecule has 2 aromatic carbocycles. The van der Waals surface area contributed by atoms with Crippen LogP contribution in [0, 0.1) is 19.7 Å². The minimum atomic E-state index is -0.517. The smallest absolute Gasteiger partial charge is 0.313 e. The Hall–Kier alpha value is -3.74. The van der Waals surface area contributed by atoms with Crippen LogP contribution in [-0.2, 0) is 22.5 Å². The van der Waals surface area contributed by atoms with Crippen molar-refractivity contribution in [3.63, 3.8) is 0 Å². The molecule has 1 aliphatic rings. The topological polar surface area (TPSA) is 68.7 Å². The second kappa shape index (κ2) is 10.5. The predicted molar refractivity (Wildman–Crippen MR) is 136 cm³/mol. The highest BCUT2D eigenvalue weighted by Gasteiger charge is 2.27. The first-order chi connectivity index (χ1) is 17.2. The van der Waals surface area contributed by atoms with Gasteiger partial charge in [0.25, 0.3) is 5.91 Å². The molecule has 188 valence electrons. The maximum atomic E-state index is 14.4. The molecule has 0 radical (unpaired) electrons. The van der Waals surface area contributed by atoms with Gasteiger partial charge in [-0.3, -0.25) is 9.59 Å². The summed E-state index contributed by atoms with van der Waals surface area (Å²) in [7, 11) is 1.56. The van der Waals surface area contributed by atoms with Crippen molar-refractivity contribution in [3.05, 3.63) is 81.7 Å². The molecule has 2 heterocycles. The molecule has 0 aliphatic carbocycles. The summed E-state index contributed by atoms with van der Waals surface area (Å²) in [6.45, 7) is 8.53. The van der Waals surface area contributed by atoms with E-state index >= 15 is 0 Å². The van der Waals surface area contributed by atoms with Gasteiger partial charge in [0.05, 0.1) is 30.9 Å². The van der Waals surface area contributed by atoms with Gasteiger partial charge in [0.1, 0.15) is 5.82 Å². The summed E-state index contributed by atoms with van der Waals surface area (Å²) in [4.78, 5) is 32.1. The number of nitrogens with zero attached hydrogens (tertiary/aromatic N) is 2. The van der Waals surface area contributed by atoms with Crippen LogP contribution < -0.4 is 4.74 Å². The number of aryl methyl sites for hydroxylation is 2. The molecule has 0 fully saturated rings. The van der Waals surface area contributed by atoms with Crippen LogP contribution in [0.1, 0.15) is 57.9 Å². The number of carbonyl (C=O) groups excluding carboxylic acids is 2. The fourth-order valence-electron chi connectivity index (χ4n) is 4.76. The van der Waals surface area contributed by atoms with E-state index in [1.807, 2.05) is 45.0 Å². The van der Waals surface area contributed by atoms with E-state index in [0.29, 0.717) is 37.7 Å². The number of aromatic nitrogens is 1. The van der Waals surface area contributed by atoms with Gasteiger partial charge >= 0.3 is 5.97 Å². The Morgan fingerprint density at radius 3 is 2.61 bits per heavy atom. The molecule has 7 heteroatoms. The van der Waals surface area contributed by atoms with Crippen LogP contribution in [0.25, 0.3) is 11.3 Å². The van der Waals surface area contributed by atoms with Crippen molar-refractivity contribution >= 4 is 11.9 Å². The van der Waals surface area contributed by atoms with Gasteiger partial charge in [-0.2, -0.15) is 0 Å². The number of benzene rings is 2. The van der Waals surface area contributed by atoms with Crippen LogP contribution in [-0.4, -0.2) is 42.0 Å². The van der Waals surface area contributed by atoms with E-state index < -0.39 is 11.7 Å². The minimum Gasteiger partial charge on any atom is -0.481 e. The molecule has 36 heavy (non-hydrogen) atoms. The van der Waals surface area contributed by atoms with Crippen LogP contribution in [0.3, 0.4) is 0 Å². The van der Waals surface area contributed by atoms with Crippen molar-refractivity contribution < 1.29 is 23.5 Å². The number of pyridine rings is 1. The number of rotatable bonds is 6. The number of carbonyl (C=O) groups is 2. The Bertz CT molecular complexity index is 1320. The number of ether oxygens (including phenoxy) is 2. The number of methoxy groups -OCH3 is 1. The van der Waals surface area contributed by atoms with E-state index in [9.17, 15) is 14.0 Å². The first-order valence-electron chi connectivity index (χ1n) is 12.1. The lowest BCUT2D eigenvalue weighted by Crippen LogP contribution is -2.36. The quantitative estimate of drug-likeness (QED) is 0.434. The molecule has 6 nitrogen and oxygen atoms in total. The third-order valence-electron chi connectivity index (χ3n) is 6.66. The number of amides is 1. The summed E-state index contributed by atoms with van der Waals surface area (Å²) in [5, 5.41) is 0. The Kier molecular flexibility index (Phi) is 7.38. The zero-order valence-electron chi connectivity index (χ0n) is 21.4. The standard InChI is InChI=1S/C29H31FN2O4/c1-6-36-29(34)19(4)26-18(3)14-25(35-5)31-27(26)21-9-8-20-11-12-32(16-22(20)15-21)28(33)23-13-17(2)7-10-24(23)30/h7-10,13-15,19H,6,11-12,16H2,1-5H3. The molecule has 1 unspecified atom stereocenters. The summed E-state index contributed by atoms with van der Waals surface area (Å²) in [5.74, 6) is -1.22. The maximum Gasteiger partial charge on any atom is 0.313 e. The second-order valence-corrected chi connectivity index (χ2v) is 9.16. The zero-order valence-corrected chi connectivity index (χ0v) is 21.4. The average molecular weight is 491 g/mol. The van der Waals surface area contributed by atoms with Crippen LogP contribution in [0.15, 0.2) is 42.5 Å². The van der Waals surface area contributed by atoms with Crippen LogP contribution in [0.4, 0.5) is 4.39 Å². The summed E-state index contributed by atoms with van der Waals surface area (Å²) < 4.78 is 25.1. The van der Waals surface area contributed by atoms with E-state index in [2.05, 4.69) is 0 Å². The van der Waals surface area contributed by atoms with Crippen molar-refractivity contribution in [2.24, 2.45) is 0 Å². The molecule has 1 aromatic heterocycles. The highest BCUT2D eigenvalue weighted by atomic mass is 19.1. The minimum absolute atomic E-state index is 0.0882. The first-order valence-corrected chi connectivity index (χ1v) is 12.1. The van der Waals surface area contributed by atoms with Crippen LogP contribution in [0.2, 0.25) is 0 Å². The fraction of sp³-hybridized carbons (Fsp3) is 0.345. The van der Waals surface area contributed by atoms with Crippen LogP contribution in [0.5, 0.6) is 5.88 Å². The van der Waals surface area contributed by atoms with Crippen LogP contribution >= 0.6 is 0 Å². The largest absolute Gasteiger partial charge is 0.481 e. The van der Waals surface area contributed by atoms with E-state index in [0.717, 1.165) is 33.4 Å². The molecule has 0 N–H and O–H groups in total. The van der Waals surface area contributed by atoms with Crippen molar-refractivity contribution in [1.82, 2.24) is 9.88 Å². The Balaban J connectivity index is 1.72. The lowest BCUT2D eigenvalue weighted by Gasteiger charge is -2.30. The van der Waals surface area contributed by atoms with E-state index in [1.165, 1.54) is 6.07 Å². The van der Waals surface area contributed by atoms with E-state index in [1.54, 1.807) is 31.1 Å². The van der Waals surface area contributed by atoms with E-state index in [-0.39, 0.29) is 17.4 Å². The molecule has 0 bridgehead atoms. The average Bonchev–Trinajstić information content (AvgIpc) is 2.88. The highest BCUT2D eigenvalue weighted by Crippen LogP contribution is 2.35. The molecule has 0 saturated heterocycles. The van der Waals surface area contributed by atoms with Crippen molar-refractivity contribution in [3.8, 4) is 17.1 Å². The van der Waals surface area contributed by atoms with Gasteiger partial charge in [0, 0.05) is 24.7 Å². The normalized spacial score (nSPS) is 13.7. The Labute approximate surface area is 211 Å². The number of hydrogen-bond donors (Lipinski definition) is 0. The summed E-state index contributed by atoms with van der Waals surface area (Å²) >= 11 is 0. The van der Waals surface area contributed by atoms with Gasteiger partial charge in [0.2, 0.25) is 5.88 Å². The van der Waals surface area contributed by atoms with Crippen molar-refractivity contribution in [2.45, 2.75) is 46.6 Å². The molecule has 1 aliphatic heterocycles. The van der Waals surface area contributed by atoms with Gasteiger partial charge in [0.15, 0.2) is 0 Å². The summed E-state index contributed by atoms with van der Waals surface area (Å²) in [5.41, 5.74) is 6.14. The lowest BCUT2D eigenvalue weighted by molar-refractivity contribution is -0.144. The SMILES string of the molecule is CCOC(=O)C(C)c1c(C)cc(OC)nc1-c1ccc2c(c1)CN(C(=O)c1cc(C)ccc1F)CC2. The number of fused-ring (bicyclic) bond motifs is 1. The summed E-state index contributed by atoms with van der Waals surface area (Å²) in [6, 6.07) is 12.4. The zero-order chi connectivity index (χ0) is 26.0. The van der Waals surface area contributed by atoms with Gasteiger partial charge in [-0.1, -0.05) is 23.8 Å². The number of esters is 1. The summed E-state index contributed by atoms with van der Waals surface area (Å²) in [6.07, 6.45) is 0.672. The fourth-order valence-corrected chi connectivity index (χ4v) is 4.76. The Morgan fingerprint density at radius 2 is 1.89 bits per heavy atom. The Morgan fingerprint density at radius 1 is 1.11 bits per heavy atom. The molecular weight excluding hydrogens is 459 g/mol. The molecule has 3 aromatic rings. The van der Waals surface area contributed by atoms with Gasteiger partial charge in [-0.15, -0.1) is 0 Å². The van der Waals surface area contributed by atoms with Crippen molar-refractivity contribution in [2.75, 3.05) is 20.3 Å². The molecule has 4 rings (SSSR count). The van der Waals surface area contributed by atoms with Gasteiger partial charge < -0.3 is 14.4 Å². The third kappa shape index (κ3) is 4.96. The maximum absolute atomic E-state index is 14.4. The predicted octanol–water partition coefficient (Wildman–Crippen LogP) is 5.38. The van der Waals surface area contributed by atoms with Crippen molar-refractivity contribution in [1.29, 1.82) is 0 Å². The highest BCUT2D eigenvalue weighted by molar-refractivity contribution is 5.95. The van der Waals surface area contributed by atoms with Gasteiger partial charge in [-0.25, -0.2) is 9.37 Å². The molecule has 0 spiro atoms. The van der Waals surface area contributed by atoms with E-state index in [4.69, 9.17) is 14.5 Å². The number of hydrogen-bond acceptors (Lipinski definition) is 5. The molecule has 1 atom stereocenters.